The van der Waals surface area contributed by atoms with Gasteiger partial charge in [0.25, 0.3) is 10.1 Å². The average Bonchev–Trinajstić information content (AvgIpc) is 2.67. The molecule has 0 bridgehead atoms. The Hall–Kier alpha value is -3.56. The molecule has 0 spiro atoms. The lowest BCUT2D eigenvalue weighted by atomic mass is 10.1. The minimum atomic E-state index is -4.60. The molecule has 148 valence electrons. The summed E-state index contributed by atoms with van der Waals surface area (Å²) in [4.78, 5) is 10.7. The van der Waals surface area contributed by atoms with Gasteiger partial charge in [-0.15, -0.1) is 5.11 Å². The van der Waals surface area contributed by atoms with E-state index in [4.69, 9.17) is 0 Å². The molecule has 9 heteroatoms. The smallest absolute Gasteiger partial charge is 0.296 e. The quantitative estimate of drug-likeness (QED) is 0.415. The highest BCUT2D eigenvalue weighted by atomic mass is 32.2. The normalized spacial score (nSPS) is 11.5. The van der Waals surface area contributed by atoms with Crippen LogP contribution in [0, 0.1) is 0 Å². The molecule has 3 aromatic carbocycles. The zero-order valence-electron chi connectivity index (χ0n) is 15.3. The molecule has 29 heavy (non-hydrogen) atoms. The first kappa shape index (κ1) is 20.2. The van der Waals surface area contributed by atoms with E-state index in [0.717, 1.165) is 17.2 Å². The summed E-state index contributed by atoms with van der Waals surface area (Å²) in [6.45, 7) is 1.21. The lowest BCUT2D eigenvalue weighted by Gasteiger charge is -2.08. The topological polar surface area (TPSA) is 128 Å². The first-order valence-electron chi connectivity index (χ1n) is 8.43. The van der Waals surface area contributed by atoms with Gasteiger partial charge in [-0.05, 0) is 41.5 Å². The van der Waals surface area contributed by atoms with E-state index in [-0.39, 0.29) is 22.8 Å². The molecule has 0 atom stereocenters. The van der Waals surface area contributed by atoms with Gasteiger partial charge in [0.2, 0.25) is 5.91 Å². The van der Waals surface area contributed by atoms with E-state index in [2.05, 4.69) is 15.5 Å². The summed E-state index contributed by atoms with van der Waals surface area (Å²) in [6.07, 6.45) is 0. The van der Waals surface area contributed by atoms with Crippen LogP contribution in [0.4, 0.5) is 17.1 Å². The Balaban J connectivity index is 1.97. The molecule has 0 radical (unpaired) electrons. The Morgan fingerprint density at radius 1 is 0.931 bits per heavy atom. The minimum absolute atomic E-state index is 0.0760. The maximum absolute atomic E-state index is 11.6. The predicted octanol–water partition coefficient (Wildman–Crippen LogP) is 4.68. The van der Waals surface area contributed by atoms with Gasteiger partial charge in [-0.25, -0.2) is 0 Å². The second-order valence-corrected chi connectivity index (χ2v) is 7.50. The molecule has 0 aromatic heterocycles. The summed E-state index contributed by atoms with van der Waals surface area (Å²) in [7, 11) is -4.60. The van der Waals surface area contributed by atoms with Crippen molar-refractivity contribution < 1.29 is 22.9 Å². The van der Waals surface area contributed by atoms with Crippen molar-refractivity contribution in [1.29, 1.82) is 0 Å². The number of nitrogens with zero attached hydrogens (tertiary/aromatic N) is 2. The van der Waals surface area contributed by atoms with Gasteiger partial charge >= 0.3 is 0 Å². The third kappa shape index (κ3) is 5.03. The van der Waals surface area contributed by atoms with Gasteiger partial charge < -0.3 is 10.4 Å². The molecule has 0 aliphatic carbocycles. The van der Waals surface area contributed by atoms with Crippen LogP contribution in [0.15, 0.2) is 81.9 Å². The second-order valence-electron chi connectivity index (χ2n) is 6.11. The molecule has 8 nitrogen and oxygen atoms in total. The average molecular weight is 411 g/mol. The molecule has 0 heterocycles. The van der Waals surface area contributed by atoms with Gasteiger partial charge in [0.15, 0.2) is 0 Å². The van der Waals surface area contributed by atoms with Crippen LogP contribution in [0.5, 0.6) is 5.75 Å². The van der Waals surface area contributed by atoms with Gasteiger partial charge in [0, 0.05) is 6.92 Å². The number of carbonyl (C=O) groups is 1. The molecule has 3 rings (SSSR count). The fraction of sp³-hybridized carbons (Fsp3) is 0.0500. The number of benzene rings is 3. The standard InChI is InChI=1S/C20H17N3O5S/c1-13(24)21-17-9-8-16(12-20(17)29(26,27)28)22-23-18-11-15(7-10-19(18)25)14-5-3-2-4-6-14/h2-12,25H,1H3,(H,21,24)(H,26,27,28). The van der Waals surface area contributed by atoms with E-state index in [1.165, 1.54) is 25.1 Å². The largest absolute Gasteiger partial charge is 0.506 e. The Labute approximate surface area is 167 Å². The number of aromatic hydroxyl groups is 1. The number of anilines is 1. The van der Waals surface area contributed by atoms with Crippen LogP contribution < -0.4 is 5.32 Å². The van der Waals surface area contributed by atoms with E-state index in [0.29, 0.717) is 0 Å². The number of rotatable bonds is 5. The van der Waals surface area contributed by atoms with Crippen molar-refractivity contribution in [3.63, 3.8) is 0 Å². The van der Waals surface area contributed by atoms with Crippen LogP contribution in [-0.4, -0.2) is 24.0 Å². The van der Waals surface area contributed by atoms with Crippen LogP contribution in [0.2, 0.25) is 0 Å². The number of azo groups is 1. The summed E-state index contributed by atoms with van der Waals surface area (Å²) in [5, 5.41) is 20.3. The Kier molecular flexibility index (Phi) is 5.71. The number of phenolic OH excluding ortho intramolecular Hbond substituents is 1. The number of nitrogens with one attached hydrogen (secondary N) is 1. The SMILES string of the molecule is CC(=O)Nc1ccc(N=Nc2cc(-c3ccccc3)ccc2O)cc1S(=O)(=O)O. The Morgan fingerprint density at radius 3 is 2.31 bits per heavy atom. The summed E-state index contributed by atoms with van der Waals surface area (Å²) in [5.74, 6) is -0.592. The number of phenols is 1. The highest BCUT2D eigenvalue weighted by molar-refractivity contribution is 7.86. The summed E-state index contributed by atoms with van der Waals surface area (Å²) in [5.41, 5.74) is 1.96. The molecule has 0 unspecified atom stereocenters. The van der Waals surface area contributed by atoms with Crippen LogP contribution in [0.25, 0.3) is 11.1 Å². The van der Waals surface area contributed by atoms with Gasteiger partial charge in [0.05, 0.1) is 11.4 Å². The van der Waals surface area contributed by atoms with Gasteiger partial charge in [-0.2, -0.15) is 13.5 Å². The van der Waals surface area contributed by atoms with Crippen molar-refractivity contribution in [1.82, 2.24) is 0 Å². The zero-order chi connectivity index (χ0) is 21.0. The van der Waals surface area contributed by atoms with Crippen LogP contribution in [0.1, 0.15) is 6.92 Å². The molecular formula is C20H17N3O5S. The molecule has 0 saturated carbocycles. The number of amides is 1. The summed E-state index contributed by atoms with van der Waals surface area (Å²) < 4.78 is 32.6. The first-order chi connectivity index (χ1) is 13.7. The fourth-order valence-electron chi connectivity index (χ4n) is 2.60. The molecular weight excluding hydrogens is 394 g/mol. The monoisotopic (exact) mass is 411 g/mol. The molecule has 3 aromatic rings. The fourth-order valence-corrected chi connectivity index (χ4v) is 3.27. The van der Waals surface area contributed by atoms with Crippen molar-refractivity contribution in [3.8, 4) is 16.9 Å². The van der Waals surface area contributed by atoms with E-state index in [1.807, 2.05) is 30.3 Å². The van der Waals surface area contributed by atoms with Crippen LogP contribution in [0.3, 0.4) is 0 Å². The molecule has 1 amide bonds. The number of carbonyl (C=O) groups excluding carboxylic acids is 1. The lowest BCUT2D eigenvalue weighted by Crippen LogP contribution is -2.10. The maximum atomic E-state index is 11.6. The molecule has 0 aliphatic heterocycles. The molecule has 0 saturated heterocycles. The van der Waals surface area contributed by atoms with Crippen molar-refractivity contribution >= 4 is 33.1 Å². The Morgan fingerprint density at radius 2 is 1.66 bits per heavy atom. The van der Waals surface area contributed by atoms with Gasteiger partial charge in [-0.3, -0.25) is 9.35 Å². The van der Waals surface area contributed by atoms with E-state index >= 15 is 0 Å². The van der Waals surface area contributed by atoms with Gasteiger partial charge in [0.1, 0.15) is 16.3 Å². The maximum Gasteiger partial charge on any atom is 0.296 e. The number of hydrogen-bond acceptors (Lipinski definition) is 6. The van der Waals surface area contributed by atoms with Crippen LogP contribution in [-0.2, 0) is 14.9 Å². The lowest BCUT2D eigenvalue weighted by molar-refractivity contribution is -0.114. The third-order valence-electron chi connectivity index (χ3n) is 3.91. The summed E-state index contributed by atoms with van der Waals surface area (Å²) >= 11 is 0. The molecule has 0 fully saturated rings. The van der Waals surface area contributed by atoms with Crippen molar-refractivity contribution in [3.05, 3.63) is 66.7 Å². The van der Waals surface area contributed by atoms with Gasteiger partial charge in [-0.1, -0.05) is 36.4 Å². The third-order valence-corrected chi connectivity index (χ3v) is 4.80. The van der Waals surface area contributed by atoms with Crippen molar-refractivity contribution in [2.24, 2.45) is 10.2 Å². The summed E-state index contributed by atoms with van der Waals surface area (Å²) in [6, 6.07) is 18.1. The van der Waals surface area contributed by atoms with E-state index < -0.39 is 20.9 Å². The first-order valence-corrected chi connectivity index (χ1v) is 9.87. The highest BCUT2D eigenvalue weighted by Crippen LogP contribution is 2.34. The second kappa shape index (κ2) is 8.21. The minimum Gasteiger partial charge on any atom is -0.506 e. The van der Waals surface area contributed by atoms with Crippen molar-refractivity contribution in [2.75, 3.05) is 5.32 Å². The van der Waals surface area contributed by atoms with Crippen molar-refractivity contribution in [2.45, 2.75) is 11.8 Å². The predicted molar refractivity (Wildman–Crippen MR) is 108 cm³/mol. The zero-order valence-corrected chi connectivity index (χ0v) is 16.1. The van der Waals surface area contributed by atoms with Crippen LogP contribution >= 0.6 is 0 Å². The molecule has 0 aliphatic rings. The Bertz CT molecular complexity index is 1190. The molecule has 3 N–H and O–H groups in total. The highest BCUT2D eigenvalue weighted by Gasteiger charge is 2.17. The van der Waals surface area contributed by atoms with E-state index in [9.17, 15) is 22.9 Å². The number of hydrogen-bond donors (Lipinski definition) is 3. The van der Waals surface area contributed by atoms with E-state index in [1.54, 1.807) is 12.1 Å².